The van der Waals surface area contributed by atoms with Crippen LogP contribution in [0.1, 0.15) is 16.8 Å². The molecule has 7 heteroatoms. The zero-order valence-electron chi connectivity index (χ0n) is 10.9. The Morgan fingerprint density at radius 3 is 2.50 bits per heavy atom. The van der Waals surface area contributed by atoms with E-state index in [-0.39, 0.29) is 12.1 Å². The van der Waals surface area contributed by atoms with Gasteiger partial charge >= 0.3 is 6.18 Å². The van der Waals surface area contributed by atoms with Gasteiger partial charge in [0.1, 0.15) is 5.82 Å². The van der Waals surface area contributed by atoms with Crippen molar-refractivity contribution in [3.05, 3.63) is 47.0 Å². The molecule has 0 bridgehead atoms. The number of halogens is 4. The Morgan fingerprint density at radius 1 is 1.30 bits per heavy atom. The summed E-state index contributed by atoms with van der Waals surface area (Å²) >= 11 is 0. The Labute approximate surface area is 113 Å². The van der Waals surface area contributed by atoms with Crippen LogP contribution in [0.3, 0.4) is 0 Å². The summed E-state index contributed by atoms with van der Waals surface area (Å²) in [6.45, 7) is 1.88. The molecule has 0 unspecified atom stereocenters. The average Bonchev–Trinajstić information content (AvgIpc) is 2.65. The highest BCUT2D eigenvalue weighted by atomic mass is 19.4. The molecule has 0 atom stereocenters. The third-order valence-corrected chi connectivity index (χ3v) is 2.86. The van der Waals surface area contributed by atoms with Crippen molar-refractivity contribution in [2.24, 2.45) is 7.05 Å². The molecule has 3 nitrogen and oxygen atoms in total. The van der Waals surface area contributed by atoms with Gasteiger partial charge in [-0.3, -0.25) is 4.68 Å². The third-order valence-electron chi connectivity index (χ3n) is 2.86. The first-order valence-electron chi connectivity index (χ1n) is 5.87. The number of aromatic nitrogens is 2. The first-order chi connectivity index (χ1) is 9.27. The van der Waals surface area contributed by atoms with Gasteiger partial charge in [0.2, 0.25) is 0 Å². The number of benzene rings is 1. The molecule has 2 aromatic rings. The highest BCUT2D eigenvalue weighted by Gasteiger charge is 2.31. The maximum absolute atomic E-state index is 13.6. The van der Waals surface area contributed by atoms with Crippen LogP contribution in [0, 0.1) is 12.7 Å². The van der Waals surface area contributed by atoms with E-state index in [1.165, 1.54) is 0 Å². The molecule has 0 aliphatic carbocycles. The minimum Gasteiger partial charge on any atom is -0.378 e. The Balaban J connectivity index is 2.13. The molecule has 108 valence electrons. The van der Waals surface area contributed by atoms with E-state index in [1.807, 2.05) is 0 Å². The lowest BCUT2D eigenvalue weighted by molar-refractivity contribution is -0.137. The van der Waals surface area contributed by atoms with Gasteiger partial charge in [-0.15, -0.1) is 0 Å². The minimum atomic E-state index is -4.53. The lowest BCUT2D eigenvalue weighted by atomic mass is 10.1. The van der Waals surface area contributed by atoms with Crippen molar-refractivity contribution in [1.82, 2.24) is 9.78 Å². The summed E-state index contributed by atoms with van der Waals surface area (Å²) in [5.74, 6) is -0.881. The highest BCUT2D eigenvalue weighted by Crippen LogP contribution is 2.30. The molecule has 0 spiro atoms. The van der Waals surface area contributed by atoms with Crippen LogP contribution in [0.15, 0.2) is 24.4 Å². The van der Waals surface area contributed by atoms with Crippen molar-refractivity contribution in [3.63, 3.8) is 0 Å². The van der Waals surface area contributed by atoms with Crippen LogP contribution in [0.25, 0.3) is 0 Å². The summed E-state index contributed by atoms with van der Waals surface area (Å²) in [4.78, 5) is 0. The van der Waals surface area contributed by atoms with Gasteiger partial charge < -0.3 is 5.32 Å². The SMILES string of the molecule is Cc1nn(C)cc1NCc1ccc(C(F)(F)F)cc1F. The normalized spacial score (nSPS) is 11.7. The van der Waals surface area contributed by atoms with Gasteiger partial charge in [0.15, 0.2) is 0 Å². The number of hydrogen-bond acceptors (Lipinski definition) is 2. The number of anilines is 1. The molecule has 1 heterocycles. The van der Waals surface area contributed by atoms with Crippen LogP contribution in [0.5, 0.6) is 0 Å². The molecule has 2 rings (SSSR count). The van der Waals surface area contributed by atoms with Gasteiger partial charge in [0, 0.05) is 25.4 Å². The number of nitrogens with zero attached hydrogens (tertiary/aromatic N) is 2. The zero-order chi connectivity index (χ0) is 14.9. The van der Waals surface area contributed by atoms with Gasteiger partial charge in [0.05, 0.1) is 16.9 Å². The molecule has 0 amide bonds. The topological polar surface area (TPSA) is 29.9 Å². The van der Waals surface area contributed by atoms with E-state index >= 15 is 0 Å². The Hall–Kier alpha value is -2.05. The van der Waals surface area contributed by atoms with Gasteiger partial charge in [-0.05, 0) is 19.1 Å². The van der Waals surface area contributed by atoms with E-state index < -0.39 is 17.6 Å². The Kier molecular flexibility index (Phi) is 3.69. The second-order valence-corrected chi connectivity index (χ2v) is 4.46. The van der Waals surface area contributed by atoms with E-state index in [0.717, 1.165) is 17.8 Å². The Bertz CT molecular complexity index is 617. The molecular weight excluding hydrogens is 274 g/mol. The molecule has 0 radical (unpaired) electrons. The molecule has 1 N–H and O–H groups in total. The summed E-state index contributed by atoms with van der Waals surface area (Å²) in [6.07, 6.45) is -2.82. The number of alkyl halides is 3. The standard InChI is InChI=1S/C13H13F4N3/c1-8-12(7-20(2)19-8)18-6-9-3-4-10(5-11(9)14)13(15,16)17/h3-5,7,18H,6H2,1-2H3. The van der Waals surface area contributed by atoms with E-state index in [2.05, 4.69) is 10.4 Å². The van der Waals surface area contributed by atoms with Gasteiger partial charge in [-0.2, -0.15) is 18.3 Å². The number of aryl methyl sites for hydroxylation is 2. The molecule has 0 aliphatic heterocycles. The van der Waals surface area contributed by atoms with Crippen molar-refractivity contribution in [3.8, 4) is 0 Å². The predicted molar refractivity (Wildman–Crippen MR) is 66.7 cm³/mol. The molecule has 0 aliphatic rings. The van der Waals surface area contributed by atoms with E-state index in [4.69, 9.17) is 0 Å². The third kappa shape index (κ3) is 3.09. The van der Waals surface area contributed by atoms with Crippen LogP contribution >= 0.6 is 0 Å². The maximum Gasteiger partial charge on any atom is 0.416 e. The van der Waals surface area contributed by atoms with E-state index in [1.54, 1.807) is 24.9 Å². The van der Waals surface area contributed by atoms with Gasteiger partial charge in [0.25, 0.3) is 0 Å². The highest BCUT2D eigenvalue weighted by molar-refractivity contribution is 5.46. The average molecular weight is 287 g/mol. The Morgan fingerprint density at radius 2 is 2.00 bits per heavy atom. The number of nitrogens with one attached hydrogen (secondary N) is 1. The molecule has 0 fully saturated rings. The summed E-state index contributed by atoms with van der Waals surface area (Å²) in [7, 11) is 1.75. The van der Waals surface area contributed by atoms with Crippen LogP contribution in [-0.2, 0) is 19.8 Å². The van der Waals surface area contributed by atoms with Gasteiger partial charge in [-0.25, -0.2) is 4.39 Å². The lowest BCUT2D eigenvalue weighted by Gasteiger charge is -2.10. The van der Waals surface area contributed by atoms with Crippen molar-refractivity contribution >= 4 is 5.69 Å². The summed E-state index contributed by atoms with van der Waals surface area (Å²) < 4.78 is 52.5. The van der Waals surface area contributed by atoms with Crippen LogP contribution < -0.4 is 5.32 Å². The zero-order valence-corrected chi connectivity index (χ0v) is 10.9. The molecule has 0 saturated carbocycles. The number of hydrogen-bond donors (Lipinski definition) is 1. The van der Waals surface area contributed by atoms with Crippen molar-refractivity contribution in [2.75, 3.05) is 5.32 Å². The minimum absolute atomic E-state index is 0.0938. The second kappa shape index (κ2) is 5.15. The fraction of sp³-hybridized carbons (Fsp3) is 0.308. The van der Waals surface area contributed by atoms with Crippen molar-refractivity contribution in [2.45, 2.75) is 19.6 Å². The largest absolute Gasteiger partial charge is 0.416 e. The van der Waals surface area contributed by atoms with Crippen LogP contribution in [0.2, 0.25) is 0 Å². The molecule has 0 saturated heterocycles. The summed E-state index contributed by atoms with van der Waals surface area (Å²) in [5, 5.41) is 7.05. The maximum atomic E-state index is 13.6. The number of rotatable bonds is 3. The fourth-order valence-corrected chi connectivity index (χ4v) is 1.83. The van der Waals surface area contributed by atoms with Crippen LogP contribution in [0.4, 0.5) is 23.2 Å². The van der Waals surface area contributed by atoms with Crippen molar-refractivity contribution < 1.29 is 17.6 Å². The molecular formula is C13H13F4N3. The molecule has 1 aromatic carbocycles. The summed E-state index contributed by atoms with van der Waals surface area (Å²) in [6, 6.07) is 2.51. The first-order valence-corrected chi connectivity index (χ1v) is 5.87. The lowest BCUT2D eigenvalue weighted by Crippen LogP contribution is -2.08. The predicted octanol–water partition coefficient (Wildman–Crippen LogP) is 3.50. The fourth-order valence-electron chi connectivity index (χ4n) is 1.83. The quantitative estimate of drug-likeness (QED) is 0.876. The smallest absolute Gasteiger partial charge is 0.378 e. The van der Waals surface area contributed by atoms with Gasteiger partial charge in [-0.1, -0.05) is 6.07 Å². The van der Waals surface area contributed by atoms with E-state index in [9.17, 15) is 17.6 Å². The van der Waals surface area contributed by atoms with E-state index in [0.29, 0.717) is 11.8 Å². The first kappa shape index (κ1) is 14.4. The molecule has 1 aromatic heterocycles. The van der Waals surface area contributed by atoms with Crippen LogP contribution in [-0.4, -0.2) is 9.78 Å². The molecule has 20 heavy (non-hydrogen) atoms. The summed E-state index contributed by atoms with van der Waals surface area (Å²) in [5.41, 5.74) is 0.629. The van der Waals surface area contributed by atoms with Crippen molar-refractivity contribution in [1.29, 1.82) is 0 Å². The second-order valence-electron chi connectivity index (χ2n) is 4.46. The monoisotopic (exact) mass is 287 g/mol.